The number of aliphatic carboxylic acids is 1. The number of carbonyl (C=O) groups is 1. The Morgan fingerprint density at radius 3 is 2.64 bits per heavy atom. The lowest BCUT2D eigenvalue weighted by atomic mass is 10.1. The molecule has 0 unspecified atom stereocenters. The lowest BCUT2D eigenvalue weighted by molar-refractivity contribution is -0.142. The Balaban J connectivity index is 2.88. The smallest absolute Gasteiger partial charge is 0.322 e. The van der Waals surface area contributed by atoms with Crippen molar-refractivity contribution in [1.82, 2.24) is 4.31 Å². The van der Waals surface area contributed by atoms with E-state index in [0.717, 1.165) is 17.1 Å². The number of hydrogen-bond acceptors (Lipinski definition) is 3. The first-order valence-electron chi connectivity index (χ1n) is 4.71. The van der Waals surface area contributed by atoms with Crippen LogP contribution in [0.25, 0.3) is 0 Å². The largest absolute Gasteiger partial charge is 0.480 e. The summed E-state index contributed by atoms with van der Waals surface area (Å²) in [4.78, 5) is 10.8. The predicted molar refractivity (Wildman–Crippen MR) is 51.4 cm³/mol. The number of carboxylic acids is 1. The Hall–Kier alpha value is -0.620. The number of rotatable bonds is 3. The molecule has 14 heavy (non-hydrogen) atoms. The van der Waals surface area contributed by atoms with Gasteiger partial charge in [0, 0.05) is 6.54 Å². The minimum Gasteiger partial charge on any atom is -0.480 e. The molecule has 0 aromatic rings. The van der Waals surface area contributed by atoms with Crippen molar-refractivity contribution in [2.75, 3.05) is 12.3 Å². The number of carboxylic acid groups (broad SMARTS) is 1. The van der Waals surface area contributed by atoms with Gasteiger partial charge in [-0.25, -0.2) is 8.42 Å². The summed E-state index contributed by atoms with van der Waals surface area (Å²) in [6.45, 7) is 1.87. The average molecular weight is 221 g/mol. The van der Waals surface area contributed by atoms with Crippen molar-refractivity contribution in [2.24, 2.45) is 0 Å². The van der Waals surface area contributed by atoms with Crippen LogP contribution in [0.4, 0.5) is 0 Å². The fourth-order valence-electron chi connectivity index (χ4n) is 1.65. The summed E-state index contributed by atoms with van der Waals surface area (Å²) in [5.41, 5.74) is 0. The molecule has 0 aromatic carbocycles. The van der Waals surface area contributed by atoms with Gasteiger partial charge < -0.3 is 5.11 Å². The molecular weight excluding hydrogens is 206 g/mol. The molecular formula is C8H15NO4S. The zero-order valence-electron chi connectivity index (χ0n) is 8.14. The van der Waals surface area contributed by atoms with Gasteiger partial charge >= 0.3 is 5.97 Å². The molecule has 1 fully saturated rings. The molecule has 0 spiro atoms. The summed E-state index contributed by atoms with van der Waals surface area (Å²) in [7, 11) is -3.36. The maximum absolute atomic E-state index is 11.5. The first-order chi connectivity index (χ1) is 6.49. The van der Waals surface area contributed by atoms with Crippen molar-refractivity contribution in [3.63, 3.8) is 0 Å². The van der Waals surface area contributed by atoms with Crippen LogP contribution in [0.5, 0.6) is 0 Å². The van der Waals surface area contributed by atoms with Crippen molar-refractivity contribution in [2.45, 2.75) is 32.2 Å². The Morgan fingerprint density at radius 2 is 2.14 bits per heavy atom. The third kappa shape index (κ3) is 2.24. The quantitative estimate of drug-likeness (QED) is 0.742. The highest BCUT2D eigenvalue weighted by Crippen LogP contribution is 2.20. The molecule has 0 bridgehead atoms. The van der Waals surface area contributed by atoms with Crippen molar-refractivity contribution < 1.29 is 18.3 Å². The van der Waals surface area contributed by atoms with Crippen molar-refractivity contribution in [1.29, 1.82) is 0 Å². The number of nitrogens with zero attached hydrogens (tertiary/aromatic N) is 1. The lowest BCUT2D eigenvalue weighted by Crippen LogP contribution is -2.48. The van der Waals surface area contributed by atoms with Crippen LogP contribution in [-0.2, 0) is 14.8 Å². The third-order valence-corrected chi connectivity index (χ3v) is 4.34. The summed E-state index contributed by atoms with van der Waals surface area (Å²) < 4.78 is 24.2. The minimum absolute atomic E-state index is 0.0310. The van der Waals surface area contributed by atoms with E-state index in [0.29, 0.717) is 13.0 Å². The van der Waals surface area contributed by atoms with E-state index in [2.05, 4.69) is 0 Å². The van der Waals surface area contributed by atoms with Crippen LogP contribution in [0.2, 0.25) is 0 Å². The molecule has 1 atom stereocenters. The van der Waals surface area contributed by atoms with Gasteiger partial charge in [0.25, 0.3) is 0 Å². The summed E-state index contributed by atoms with van der Waals surface area (Å²) >= 11 is 0. The van der Waals surface area contributed by atoms with Gasteiger partial charge in [-0.2, -0.15) is 4.31 Å². The van der Waals surface area contributed by atoms with Crippen LogP contribution < -0.4 is 0 Å². The number of piperidine rings is 1. The summed E-state index contributed by atoms with van der Waals surface area (Å²) in [5, 5.41) is 8.86. The van der Waals surface area contributed by atoms with E-state index >= 15 is 0 Å². The molecule has 1 rings (SSSR count). The first-order valence-corrected chi connectivity index (χ1v) is 6.32. The van der Waals surface area contributed by atoms with Crippen LogP contribution in [0, 0.1) is 0 Å². The zero-order chi connectivity index (χ0) is 10.8. The van der Waals surface area contributed by atoms with Crippen molar-refractivity contribution >= 4 is 16.0 Å². The van der Waals surface area contributed by atoms with Gasteiger partial charge in [-0.15, -0.1) is 0 Å². The second-order valence-electron chi connectivity index (χ2n) is 3.36. The van der Waals surface area contributed by atoms with Gasteiger partial charge in [0.1, 0.15) is 6.04 Å². The van der Waals surface area contributed by atoms with E-state index in [1.54, 1.807) is 0 Å². The Labute approximate surface area is 83.8 Å². The molecule has 5 nitrogen and oxygen atoms in total. The van der Waals surface area contributed by atoms with E-state index in [1.165, 1.54) is 6.92 Å². The molecule has 1 saturated heterocycles. The van der Waals surface area contributed by atoms with Crippen LogP contribution in [0.1, 0.15) is 26.2 Å². The molecule has 1 aliphatic rings. The molecule has 0 saturated carbocycles. The highest BCUT2D eigenvalue weighted by Gasteiger charge is 2.35. The van der Waals surface area contributed by atoms with Crippen molar-refractivity contribution in [3.05, 3.63) is 0 Å². The molecule has 0 aromatic heterocycles. The molecule has 0 radical (unpaired) electrons. The van der Waals surface area contributed by atoms with Crippen LogP contribution in [0.3, 0.4) is 0 Å². The zero-order valence-corrected chi connectivity index (χ0v) is 8.96. The average Bonchev–Trinajstić information content (AvgIpc) is 2.18. The van der Waals surface area contributed by atoms with E-state index in [-0.39, 0.29) is 5.75 Å². The lowest BCUT2D eigenvalue weighted by Gasteiger charge is -2.31. The van der Waals surface area contributed by atoms with Gasteiger partial charge in [0.05, 0.1) is 5.75 Å². The highest BCUT2D eigenvalue weighted by molar-refractivity contribution is 7.89. The monoisotopic (exact) mass is 221 g/mol. The molecule has 1 N–H and O–H groups in total. The van der Waals surface area contributed by atoms with E-state index in [4.69, 9.17) is 5.11 Å². The Kier molecular flexibility index (Phi) is 3.49. The topological polar surface area (TPSA) is 74.7 Å². The van der Waals surface area contributed by atoms with Gasteiger partial charge in [0.2, 0.25) is 10.0 Å². The number of sulfonamides is 1. The van der Waals surface area contributed by atoms with Crippen LogP contribution in [0.15, 0.2) is 0 Å². The van der Waals surface area contributed by atoms with E-state index in [9.17, 15) is 13.2 Å². The standard InChI is InChI=1S/C8H15NO4S/c1-2-14(12,13)9-6-4-3-5-7(9)8(10)11/h7H,2-6H2,1H3,(H,10,11)/t7-/m0/s1. The Morgan fingerprint density at radius 1 is 1.50 bits per heavy atom. The summed E-state index contributed by atoms with van der Waals surface area (Å²) in [6.07, 6.45) is 1.96. The summed E-state index contributed by atoms with van der Waals surface area (Å²) in [5.74, 6) is -1.07. The van der Waals surface area contributed by atoms with Crippen LogP contribution in [-0.4, -0.2) is 42.1 Å². The maximum Gasteiger partial charge on any atom is 0.322 e. The fourth-order valence-corrected chi connectivity index (χ4v) is 2.97. The second kappa shape index (κ2) is 4.27. The van der Waals surface area contributed by atoms with E-state index < -0.39 is 22.0 Å². The summed E-state index contributed by atoms with van der Waals surface area (Å²) in [6, 6.07) is -0.853. The van der Waals surface area contributed by atoms with E-state index in [1.807, 2.05) is 0 Å². The molecule has 0 aliphatic carbocycles. The van der Waals surface area contributed by atoms with Gasteiger partial charge in [-0.3, -0.25) is 4.79 Å². The predicted octanol–water partition coefficient (Wildman–Crippen LogP) is 0.275. The third-order valence-electron chi connectivity index (χ3n) is 2.46. The molecule has 82 valence electrons. The molecule has 0 amide bonds. The van der Waals surface area contributed by atoms with Crippen LogP contribution >= 0.6 is 0 Å². The van der Waals surface area contributed by atoms with Crippen molar-refractivity contribution in [3.8, 4) is 0 Å². The molecule has 1 heterocycles. The second-order valence-corrected chi connectivity index (χ2v) is 5.57. The SMILES string of the molecule is CCS(=O)(=O)N1CCCC[C@H]1C(=O)O. The normalized spacial score (nSPS) is 24.8. The van der Waals surface area contributed by atoms with Gasteiger partial charge in [-0.05, 0) is 26.2 Å². The molecule has 1 aliphatic heterocycles. The molecule has 6 heteroatoms. The minimum atomic E-state index is -3.36. The highest BCUT2D eigenvalue weighted by atomic mass is 32.2. The van der Waals surface area contributed by atoms with Gasteiger partial charge in [0.15, 0.2) is 0 Å². The number of hydrogen-bond donors (Lipinski definition) is 1. The van der Waals surface area contributed by atoms with Gasteiger partial charge in [-0.1, -0.05) is 0 Å². The maximum atomic E-state index is 11.5. The Bertz CT molecular complexity index is 311. The first kappa shape index (κ1) is 11.5. The fraction of sp³-hybridized carbons (Fsp3) is 0.875.